The number of likely N-dealkylation sites (tertiary alicyclic amines) is 1. The highest BCUT2D eigenvalue weighted by molar-refractivity contribution is 7.65. The fraction of sp³-hybridized carbons (Fsp3) is 0.769. The monoisotopic (exact) mass is 435 g/mol. The molecule has 1 aliphatic heterocycles. The Morgan fingerprint density at radius 3 is 1.57 bits per heavy atom. The summed E-state index contributed by atoms with van der Waals surface area (Å²) in [7, 11) is -2.58. The van der Waals surface area contributed by atoms with Crippen LogP contribution in [0.4, 0.5) is 0 Å². The smallest absolute Gasteiger partial charge is 0.123 e. The first kappa shape index (κ1) is 25.5. The van der Waals surface area contributed by atoms with Crippen molar-refractivity contribution in [3.8, 4) is 5.75 Å². The van der Waals surface area contributed by atoms with Crippen LogP contribution in [0.15, 0.2) is 12.1 Å². The lowest BCUT2D eigenvalue weighted by molar-refractivity contribution is 0.204. The number of hydrogen-bond acceptors (Lipinski definition) is 3. The van der Waals surface area contributed by atoms with Crippen molar-refractivity contribution in [3.63, 3.8) is 0 Å². The maximum Gasteiger partial charge on any atom is 0.123 e. The van der Waals surface area contributed by atoms with Crippen molar-refractivity contribution < 1.29 is 9.67 Å². The van der Waals surface area contributed by atoms with Gasteiger partial charge in [-0.1, -0.05) is 75.7 Å². The third-order valence-electron chi connectivity index (χ3n) is 6.78. The molecule has 0 bridgehead atoms. The molecule has 172 valence electrons. The average molecular weight is 436 g/mol. The number of nitrogens with zero attached hydrogens (tertiary/aromatic N) is 1. The molecule has 0 aromatic heterocycles. The minimum atomic E-state index is -2.58. The summed E-state index contributed by atoms with van der Waals surface area (Å²) < 4.78 is 14.7. The van der Waals surface area contributed by atoms with Crippen molar-refractivity contribution in [2.45, 2.75) is 116 Å². The molecule has 1 unspecified atom stereocenters. The molecular weight excluding hydrogens is 389 g/mol. The van der Waals surface area contributed by atoms with Crippen LogP contribution in [0.5, 0.6) is 5.75 Å². The van der Waals surface area contributed by atoms with E-state index in [2.05, 4.69) is 86.3 Å². The van der Waals surface area contributed by atoms with E-state index in [1.54, 1.807) is 0 Å². The maximum atomic E-state index is 14.7. The van der Waals surface area contributed by atoms with Crippen LogP contribution in [0.3, 0.4) is 0 Å². The number of piperidine rings is 1. The Labute approximate surface area is 186 Å². The summed E-state index contributed by atoms with van der Waals surface area (Å²) in [5.74, 6) is 0.320. The van der Waals surface area contributed by atoms with E-state index < -0.39 is 7.14 Å². The molecule has 0 aliphatic carbocycles. The lowest BCUT2D eigenvalue weighted by atomic mass is 9.78. The predicted molar refractivity (Wildman–Crippen MR) is 132 cm³/mol. The highest BCUT2D eigenvalue weighted by Crippen LogP contribution is 2.67. The Morgan fingerprint density at radius 2 is 1.23 bits per heavy atom. The molecule has 1 saturated heterocycles. The first-order valence-electron chi connectivity index (χ1n) is 11.8. The third kappa shape index (κ3) is 4.99. The van der Waals surface area contributed by atoms with Crippen LogP contribution in [-0.4, -0.2) is 34.4 Å². The summed E-state index contributed by atoms with van der Waals surface area (Å²) in [6.07, 6.45) is 3.60. The molecule has 0 amide bonds. The van der Waals surface area contributed by atoms with Gasteiger partial charge >= 0.3 is 0 Å². The van der Waals surface area contributed by atoms with Crippen LogP contribution in [0.2, 0.25) is 0 Å². The van der Waals surface area contributed by atoms with Crippen LogP contribution in [-0.2, 0) is 15.4 Å². The molecule has 1 heterocycles. The van der Waals surface area contributed by atoms with Crippen LogP contribution in [0.1, 0.15) is 111 Å². The molecule has 1 aromatic rings. The summed E-state index contributed by atoms with van der Waals surface area (Å²) in [5.41, 5.74) is 2.93. The molecule has 0 radical (unpaired) electrons. The van der Waals surface area contributed by atoms with E-state index in [9.17, 15) is 9.67 Å². The Kier molecular flexibility index (Phi) is 7.63. The van der Waals surface area contributed by atoms with Crippen LogP contribution in [0, 0.1) is 0 Å². The van der Waals surface area contributed by atoms with Crippen LogP contribution < -0.4 is 0 Å². The normalized spacial score (nSPS) is 18.3. The van der Waals surface area contributed by atoms with Crippen molar-refractivity contribution in [2.75, 3.05) is 13.1 Å². The van der Waals surface area contributed by atoms with E-state index in [-0.39, 0.29) is 27.9 Å². The first-order valence-corrected chi connectivity index (χ1v) is 13.7. The largest absolute Gasteiger partial charge is 0.507 e. The minimum Gasteiger partial charge on any atom is -0.507 e. The molecule has 0 saturated carbocycles. The van der Waals surface area contributed by atoms with E-state index >= 15 is 0 Å². The SMILES string of the molecule is CC(C)P(=O)(C(C)C)C(c1cc(C(C)(C)C)c(O)c(C(C)(C)C)c1)N1CCCCC1. The van der Waals surface area contributed by atoms with Gasteiger partial charge in [-0.05, 0) is 65.6 Å². The maximum absolute atomic E-state index is 14.7. The summed E-state index contributed by atoms with van der Waals surface area (Å²) in [6.45, 7) is 23.4. The van der Waals surface area contributed by atoms with E-state index in [0.29, 0.717) is 5.75 Å². The average Bonchev–Trinajstić information content (AvgIpc) is 2.61. The summed E-state index contributed by atoms with van der Waals surface area (Å²) in [6, 6.07) is 4.34. The molecule has 1 atom stereocenters. The van der Waals surface area contributed by atoms with Gasteiger partial charge < -0.3 is 9.67 Å². The van der Waals surface area contributed by atoms with E-state index in [1.165, 1.54) is 19.3 Å². The van der Waals surface area contributed by atoms with Gasteiger partial charge in [0.2, 0.25) is 0 Å². The lowest BCUT2D eigenvalue weighted by Crippen LogP contribution is -2.37. The summed E-state index contributed by atoms with van der Waals surface area (Å²) in [5, 5.41) is 11.2. The fourth-order valence-electron chi connectivity index (χ4n) is 4.97. The second-order valence-electron chi connectivity index (χ2n) is 11.9. The van der Waals surface area contributed by atoms with Gasteiger partial charge in [0, 0.05) is 11.3 Å². The quantitative estimate of drug-likeness (QED) is 0.483. The number of benzene rings is 1. The van der Waals surface area contributed by atoms with E-state index in [1.807, 2.05) is 0 Å². The Hall–Kier alpha value is -0.790. The van der Waals surface area contributed by atoms with Gasteiger partial charge in [-0.25, -0.2) is 0 Å². The molecule has 30 heavy (non-hydrogen) atoms. The molecule has 1 fully saturated rings. The van der Waals surface area contributed by atoms with Gasteiger partial charge in [0.05, 0.1) is 5.78 Å². The standard InChI is InChI=1S/C26H46NO2P/c1-18(2)30(29,19(3)4)24(27-14-12-11-13-15-27)20-16-21(25(5,6)7)23(28)22(17-20)26(8,9)10/h16-19,24,28H,11-15H2,1-10H3. The molecule has 2 rings (SSSR count). The molecule has 1 aliphatic rings. The number of phenolic OH excluding ortho intramolecular Hbond substituents is 1. The minimum absolute atomic E-state index is 0.0828. The number of phenols is 1. The molecule has 3 nitrogen and oxygen atoms in total. The number of hydrogen-bond donors (Lipinski definition) is 1. The highest BCUT2D eigenvalue weighted by atomic mass is 31.2. The van der Waals surface area contributed by atoms with Gasteiger partial charge in [-0.2, -0.15) is 0 Å². The van der Waals surface area contributed by atoms with Crippen molar-refractivity contribution in [3.05, 3.63) is 28.8 Å². The second-order valence-corrected chi connectivity index (χ2v) is 16.0. The van der Waals surface area contributed by atoms with Crippen LogP contribution in [0.25, 0.3) is 0 Å². The topological polar surface area (TPSA) is 40.5 Å². The summed E-state index contributed by atoms with van der Waals surface area (Å²) in [4.78, 5) is 2.50. The summed E-state index contributed by atoms with van der Waals surface area (Å²) >= 11 is 0. The van der Waals surface area contributed by atoms with Crippen LogP contribution >= 0.6 is 7.14 Å². The van der Waals surface area contributed by atoms with E-state index in [0.717, 1.165) is 29.8 Å². The van der Waals surface area contributed by atoms with Crippen molar-refractivity contribution >= 4 is 7.14 Å². The van der Waals surface area contributed by atoms with Crippen molar-refractivity contribution in [2.24, 2.45) is 0 Å². The zero-order valence-electron chi connectivity index (χ0n) is 21.2. The zero-order valence-corrected chi connectivity index (χ0v) is 22.1. The van der Waals surface area contributed by atoms with E-state index in [4.69, 9.17) is 0 Å². The third-order valence-corrected chi connectivity index (χ3v) is 11.4. The Balaban J connectivity index is 2.85. The fourth-order valence-corrected chi connectivity index (χ4v) is 8.65. The first-order chi connectivity index (χ1) is 13.6. The molecule has 1 aromatic carbocycles. The molecule has 0 spiro atoms. The van der Waals surface area contributed by atoms with Gasteiger partial charge in [0.1, 0.15) is 12.9 Å². The van der Waals surface area contributed by atoms with Gasteiger partial charge in [0.25, 0.3) is 0 Å². The lowest BCUT2D eigenvalue weighted by Gasteiger charge is -2.44. The predicted octanol–water partition coefficient (Wildman–Crippen LogP) is 7.65. The number of aromatic hydroxyl groups is 1. The molecular formula is C26H46NO2P. The van der Waals surface area contributed by atoms with Crippen molar-refractivity contribution in [1.82, 2.24) is 4.90 Å². The zero-order chi connectivity index (χ0) is 23.1. The van der Waals surface area contributed by atoms with Gasteiger partial charge in [-0.3, -0.25) is 4.90 Å². The molecule has 4 heteroatoms. The molecule has 1 N–H and O–H groups in total. The van der Waals surface area contributed by atoms with Gasteiger partial charge in [0.15, 0.2) is 0 Å². The van der Waals surface area contributed by atoms with Gasteiger partial charge in [-0.15, -0.1) is 0 Å². The second kappa shape index (κ2) is 8.99. The Morgan fingerprint density at radius 1 is 0.833 bits per heavy atom. The highest BCUT2D eigenvalue weighted by Gasteiger charge is 2.44. The van der Waals surface area contributed by atoms with Crippen molar-refractivity contribution in [1.29, 1.82) is 0 Å². The Bertz CT molecular complexity index is 730. The number of rotatable bonds is 5.